The minimum absolute atomic E-state index is 0.539. The molecule has 136 valence electrons. The summed E-state index contributed by atoms with van der Waals surface area (Å²) >= 11 is 0. The van der Waals surface area contributed by atoms with Gasteiger partial charge in [0.25, 0.3) is 0 Å². The van der Waals surface area contributed by atoms with E-state index in [4.69, 9.17) is 9.73 Å². The van der Waals surface area contributed by atoms with E-state index in [0.29, 0.717) is 6.04 Å². The van der Waals surface area contributed by atoms with Crippen molar-refractivity contribution in [3.63, 3.8) is 0 Å². The molecule has 1 N–H and O–H groups in total. The van der Waals surface area contributed by atoms with Crippen LogP contribution in [0.25, 0.3) is 0 Å². The van der Waals surface area contributed by atoms with Crippen molar-refractivity contribution in [3.8, 4) is 0 Å². The molecule has 1 aliphatic heterocycles. The molecule has 0 aromatic carbocycles. The van der Waals surface area contributed by atoms with Gasteiger partial charge in [0.1, 0.15) is 0 Å². The molecule has 1 atom stereocenters. The van der Waals surface area contributed by atoms with Gasteiger partial charge in [-0.25, -0.2) is 0 Å². The molecule has 1 fully saturated rings. The van der Waals surface area contributed by atoms with E-state index in [-0.39, 0.29) is 0 Å². The van der Waals surface area contributed by atoms with Crippen LogP contribution in [-0.4, -0.2) is 73.3 Å². The van der Waals surface area contributed by atoms with Gasteiger partial charge in [0.2, 0.25) is 0 Å². The van der Waals surface area contributed by atoms with Crippen LogP contribution in [0.3, 0.4) is 0 Å². The van der Waals surface area contributed by atoms with Crippen LogP contribution in [0.4, 0.5) is 0 Å². The number of methoxy groups -OCH3 is 1. The van der Waals surface area contributed by atoms with Crippen LogP contribution in [0, 0.1) is 0 Å². The predicted molar refractivity (Wildman–Crippen MR) is 99.3 cm³/mol. The monoisotopic (exact) mass is 335 g/mol. The first kappa shape index (κ1) is 18.8. The molecule has 6 heteroatoms. The summed E-state index contributed by atoms with van der Waals surface area (Å²) in [6.45, 7) is 7.68. The van der Waals surface area contributed by atoms with Crippen LogP contribution in [-0.2, 0) is 18.3 Å². The summed E-state index contributed by atoms with van der Waals surface area (Å²) in [5, 5.41) is 3.42. The topological polar surface area (TPSA) is 45.0 Å². The van der Waals surface area contributed by atoms with Crippen LogP contribution in [0.5, 0.6) is 0 Å². The SMILES string of the molecule is CCNC(=NCC1CCCN1CCOC)N(C)Cc1cccn1C. The Morgan fingerprint density at radius 2 is 2.33 bits per heavy atom. The lowest BCUT2D eigenvalue weighted by Gasteiger charge is -2.25. The van der Waals surface area contributed by atoms with Crippen molar-refractivity contribution in [2.75, 3.05) is 46.9 Å². The summed E-state index contributed by atoms with van der Waals surface area (Å²) in [5.74, 6) is 0.984. The molecule has 1 aromatic heterocycles. The van der Waals surface area contributed by atoms with E-state index in [1.165, 1.54) is 25.1 Å². The van der Waals surface area contributed by atoms with E-state index in [1.807, 2.05) is 0 Å². The van der Waals surface area contributed by atoms with Gasteiger partial charge in [-0.15, -0.1) is 0 Å². The molecule has 1 aliphatic rings. The molecule has 0 amide bonds. The zero-order chi connectivity index (χ0) is 17.4. The number of aliphatic imine (C=N–C) groups is 1. The lowest BCUT2D eigenvalue weighted by molar-refractivity contribution is 0.142. The first-order chi connectivity index (χ1) is 11.7. The zero-order valence-corrected chi connectivity index (χ0v) is 15.7. The van der Waals surface area contributed by atoms with Crippen LogP contribution in [0.2, 0.25) is 0 Å². The molecular formula is C18H33N5O. The molecule has 0 bridgehead atoms. The number of nitrogens with one attached hydrogen (secondary N) is 1. The molecule has 2 rings (SSSR count). The van der Waals surface area contributed by atoms with Crippen molar-refractivity contribution in [2.24, 2.45) is 12.0 Å². The van der Waals surface area contributed by atoms with Gasteiger partial charge in [0.15, 0.2) is 5.96 Å². The molecule has 0 saturated carbocycles. The number of ether oxygens (including phenoxy) is 1. The van der Waals surface area contributed by atoms with Crippen LogP contribution >= 0.6 is 0 Å². The first-order valence-corrected chi connectivity index (χ1v) is 8.98. The summed E-state index contributed by atoms with van der Waals surface area (Å²) in [7, 11) is 5.95. The minimum atomic E-state index is 0.539. The number of likely N-dealkylation sites (tertiary alicyclic amines) is 1. The predicted octanol–water partition coefficient (Wildman–Crippen LogP) is 1.53. The average Bonchev–Trinajstić information content (AvgIpc) is 3.18. The van der Waals surface area contributed by atoms with Crippen molar-refractivity contribution >= 4 is 5.96 Å². The summed E-state index contributed by atoms with van der Waals surface area (Å²) in [6.07, 6.45) is 4.58. The standard InChI is InChI=1S/C18H33N5O/c1-5-19-18(22(3)15-17-9-6-10-21(17)2)20-14-16-8-7-11-23(16)12-13-24-4/h6,9-10,16H,5,7-8,11-15H2,1-4H3,(H,19,20). The van der Waals surface area contributed by atoms with E-state index in [1.54, 1.807) is 7.11 Å². The van der Waals surface area contributed by atoms with Crippen LogP contribution < -0.4 is 5.32 Å². The Balaban J connectivity index is 1.95. The quantitative estimate of drug-likeness (QED) is 0.578. The maximum Gasteiger partial charge on any atom is 0.194 e. The van der Waals surface area contributed by atoms with Gasteiger partial charge in [-0.1, -0.05) is 0 Å². The molecule has 1 saturated heterocycles. The molecule has 6 nitrogen and oxygen atoms in total. The number of rotatable bonds is 8. The van der Waals surface area contributed by atoms with Gasteiger partial charge in [-0.2, -0.15) is 0 Å². The van der Waals surface area contributed by atoms with Gasteiger partial charge in [0, 0.05) is 52.2 Å². The highest BCUT2D eigenvalue weighted by Gasteiger charge is 2.24. The third-order valence-electron chi connectivity index (χ3n) is 4.68. The Bertz CT molecular complexity index is 513. The molecule has 24 heavy (non-hydrogen) atoms. The third-order valence-corrected chi connectivity index (χ3v) is 4.68. The number of aryl methyl sites for hydroxylation is 1. The Morgan fingerprint density at radius 3 is 3.00 bits per heavy atom. The molecule has 2 heterocycles. The van der Waals surface area contributed by atoms with E-state index in [0.717, 1.165) is 38.7 Å². The molecule has 1 unspecified atom stereocenters. The normalized spacial score (nSPS) is 19.0. The maximum absolute atomic E-state index is 5.22. The van der Waals surface area contributed by atoms with Gasteiger partial charge in [0.05, 0.1) is 19.7 Å². The maximum atomic E-state index is 5.22. The van der Waals surface area contributed by atoms with Gasteiger partial charge in [-0.3, -0.25) is 9.89 Å². The van der Waals surface area contributed by atoms with Gasteiger partial charge < -0.3 is 19.5 Å². The van der Waals surface area contributed by atoms with Gasteiger partial charge >= 0.3 is 0 Å². The number of guanidine groups is 1. The van der Waals surface area contributed by atoms with Crippen molar-refractivity contribution in [2.45, 2.75) is 32.4 Å². The van der Waals surface area contributed by atoms with Crippen molar-refractivity contribution in [1.29, 1.82) is 0 Å². The number of hydrogen-bond donors (Lipinski definition) is 1. The fourth-order valence-corrected chi connectivity index (χ4v) is 3.24. The fraction of sp³-hybridized carbons (Fsp3) is 0.722. The van der Waals surface area contributed by atoms with E-state index in [2.05, 4.69) is 59.0 Å². The fourth-order valence-electron chi connectivity index (χ4n) is 3.24. The van der Waals surface area contributed by atoms with E-state index in [9.17, 15) is 0 Å². The highest BCUT2D eigenvalue weighted by atomic mass is 16.5. The van der Waals surface area contributed by atoms with E-state index >= 15 is 0 Å². The summed E-state index contributed by atoms with van der Waals surface area (Å²) in [5.41, 5.74) is 1.28. The Labute approximate surface area is 146 Å². The first-order valence-electron chi connectivity index (χ1n) is 8.98. The second-order valence-corrected chi connectivity index (χ2v) is 6.49. The highest BCUT2D eigenvalue weighted by molar-refractivity contribution is 5.79. The summed E-state index contributed by atoms with van der Waals surface area (Å²) in [6, 6.07) is 4.78. The lowest BCUT2D eigenvalue weighted by atomic mass is 10.2. The van der Waals surface area contributed by atoms with Gasteiger partial charge in [-0.05, 0) is 38.4 Å². The third kappa shape index (κ3) is 5.24. The Morgan fingerprint density at radius 1 is 1.50 bits per heavy atom. The summed E-state index contributed by atoms with van der Waals surface area (Å²) in [4.78, 5) is 9.61. The Hall–Kier alpha value is -1.53. The lowest BCUT2D eigenvalue weighted by Crippen LogP contribution is -2.40. The Kier molecular flexibility index (Phi) is 7.59. The number of nitrogens with zero attached hydrogens (tertiary/aromatic N) is 4. The van der Waals surface area contributed by atoms with Crippen molar-refractivity contribution in [3.05, 3.63) is 24.0 Å². The molecular weight excluding hydrogens is 302 g/mol. The van der Waals surface area contributed by atoms with Crippen LogP contribution in [0.15, 0.2) is 23.3 Å². The summed E-state index contributed by atoms with van der Waals surface area (Å²) < 4.78 is 7.38. The molecule has 1 aromatic rings. The average molecular weight is 335 g/mol. The molecule has 0 spiro atoms. The van der Waals surface area contributed by atoms with E-state index < -0.39 is 0 Å². The van der Waals surface area contributed by atoms with Crippen molar-refractivity contribution < 1.29 is 4.74 Å². The number of aromatic nitrogens is 1. The highest BCUT2D eigenvalue weighted by Crippen LogP contribution is 2.17. The molecule has 0 aliphatic carbocycles. The second kappa shape index (κ2) is 9.69. The zero-order valence-electron chi connectivity index (χ0n) is 15.7. The molecule has 0 radical (unpaired) electrons. The van der Waals surface area contributed by atoms with Crippen molar-refractivity contribution in [1.82, 2.24) is 19.7 Å². The second-order valence-electron chi connectivity index (χ2n) is 6.49. The minimum Gasteiger partial charge on any atom is -0.383 e. The smallest absolute Gasteiger partial charge is 0.194 e. The largest absolute Gasteiger partial charge is 0.383 e. The van der Waals surface area contributed by atoms with Crippen LogP contribution in [0.1, 0.15) is 25.5 Å². The number of hydrogen-bond acceptors (Lipinski definition) is 3.